The van der Waals surface area contributed by atoms with Crippen LogP contribution in [-0.4, -0.2) is 17.0 Å². The van der Waals surface area contributed by atoms with E-state index in [4.69, 9.17) is 0 Å². The van der Waals surface area contributed by atoms with E-state index in [0.29, 0.717) is 5.56 Å². The summed E-state index contributed by atoms with van der Waals surface area (Å²) in [6.07, 6.45) is 1.73. The van der Waals surface area contributed by atoms with Crippen LogP contribution >= 0.6 is 11.3 Å². The lowest BCUT2D eigenvalue weighted by molar-refractivity contribution is -0.384. The highest BCUT2D eigenvalue weighted by Crippen LogP contribution is 2.13. The molecule has 0 saturated heterocycles. The lowest BCUT2D eigenvalue weighted by Crippen LogP contribution is -2.19. The van der Waals surface area contributed by atoms with E-state index in [2.05, 4.69) is 10.5 Å². The molecule has 0 unspecified atom stereocenters. The molecule has 6 nitrogen and oxygen atoms in total. The summed E-state index contributed by atoms with van der Waals surface area (Å²) in [6.45, 7) is 1.97. The topological polar surface area (TPSA) is 84.6 Å². The Morgan fingerprint density at radius 2 is 2.10 bits per heavy atom. The monoisotopic (exact) mass is 303 g/mol. The number of nitro groups is 1. The molecule has 21 heavy (non-hydrogen) atoms. The third-order valence-electron chi connectivity index (χ3n) is 2.78. The maximum absolute atomic E-state index is 11.7. The van der Waals surface area contributed by atoms with Gasteiger partial charge in [-0.2, -0.15) is 5.10 Å². The van der Waals surface area contributed by atoms with Crippen LogP contribution < -0.4 is 5.43 Å². The van der Waals surface area contributed by atoms with Crippen molar-refractivity contribution >= 4 is 29.1 Å². The number of amides is 1. The average Bonchev–Trinajstić information content (AvgIpc) is 2.85. The summed E-state index contributed by atoms with van der Waals surface area (Å²) in [5, 5.41) is 16.4. The van der Waals surface area contributed by atoms with Crippen LogP contribution in [0.4, 0.5) is 5.69 Å². The maximum Gasteiger partial charge on any atom is 0.269 e. The molecule has 0 bridgehead atoms. The number of rotatable bonds is 5. The second-order valence-electron chi connectivity index (χ2n) is 4.36. The van der Waals surface area contributed by atoms with E-state index in [1.807, 2.05) is 18.4 Å². The number of hydrogen-bond acceptors (Lipinski definition) is 5. The molecule has 0 saturated carbocycles. The molecule has 0 spiro atoms. The van der Waals surface area contributed by atoms with Crippen LogP contribution in [0.2, 0.25) is 0 Å². The zero-order valence-corrected chi connectivity index (χ0v) is 12.1. The van der Waals surface area contributed by atoms with Gasteiger partial charge in [0.1, 0.15) is 0 Å². The number of hydrazone groups is 1. The van der Waals surface area contributed by atoms with E-state index < -0.39 is 4.92 Å². The van der Waals surface area contributed by atoms with Crippen molar-refractivity contribution in [1.29, 1.82) is 0 Å². The van der Waals surface area contributed by atoms with Gasteiger partial charge in [0.25, 0.3) is 5.69 Å². The molecule has 0 atom stereocenters. The van der Waals surface area contributed by atoms with Gasteiger partial charge in [-0.1, -0.05) is 12.1 Å². The minimum atomic E-state index is -0.475. The van der Waals surface area contributed by atoms with Gasteiger partial charge in [-0.05, 0) is 29.5 Å². The predicted molar refractivity (Wildman–Crippen MR) is 81.6 cm³/mol. The first-order chi connectivity index (χ1) is 10.1. The first kappa shape index (κ1) is 14.9. The van der Waals surface area contributed by atoms with E-state index in [9.17, 15) is 14.9 Å². The Labute approximate surface area is 125 Å². The summed E-state index contributed by atoms with van der Waals surface area (Å²) in [5.74, 6) is -0.269. The Balaban J connectivity index is 1.88. The first-order valence-corrected chi connectivity index (χ1v) is 7.03. The standard InChI is InChI=1S/C14H13N3O3S/c1-10-6-7-21-13(10)9-15-16-14(18)8-11-2-4-12(5-3-11)17(19)20/h2-7,9H,8H2,1H3,(H,16,18)/b15-9+. The molecule has 1 N–H and O–H groups in total. The molecule has 2 rings (SSSR count). The van der Waals surface area contributed by atoms with Crippen molar-refractivity contribution in [3.63, 3.8) is 0 Å². The van der Waals surface area contributed by atoms with E-state index in [0.717, 1.165) is 10.4 Å². The Bertz CT molecular complexity index is 677. The van der Waals surface area contributed by atoms with E-state index >= 15 is 0 Å². The molecule has 2 aromatic rings. The van der Waals surface area contributed by atoms with Gasteiger partial charge in [0.15, 0.2) is 0 Å². The number of nitrogens with one attached hydrogen (secondary N) is 1. The average molecular weight is 303 g/mol. The van der Waals surface area contributed by atoms with Crippen molar-refractivity contribution in [3.8, 4) is 0 Å². The highest BCUT2D eigenvalue weighted by atomic mass is 32.1. The van der Waals surface area contributed by atoms with E-state index in [1.54, 1.807) is 29.7 Å². The summed E-state index contributed by atoms with van der Waals surface area (Å²) in [4.78, 5) is 22.7. The van der Waals surface area contributed by atoms with Crippen molar-refractivity contribution in [2.24, 2.45) is 5.10 Å². The Hall–Kier alpha value is -2.54. The highest BCUT2D eigenvalue weighted by molar-refractivity contribution is 7.11. The molecular formula is C14H13N3O3S. The lowest BCUT2D eigenvalue weighted by atomic mass is 10.1. The van der Waals surface area contributed by atoms with Gasteiger partial charge in [-0.15, -0.1) is 11.3 Å². The van der Waals surface area contributed by atoms with Crippen molar-refractivity contribution in [1.82, 2.24) is 5.43 Å². The van der Waals surface area contributed by atoms with Crippen molar-refractivity contribution in [2.45, 2.75) is 13.3 Å². The largest absolute Gasteiger partial charge is 0.273 e. The van der Waals surface area contributed by atoms with Crippen molar-refractivity contribution in [2.75, 3.05) is 0 Å². The van der Waals surface area contributed by atoms with Gasteiger partial charge in [0.05, 0.1) is 17.6 Å². The summed E-state index contributed by atoms with van der Waals surface area (Å²) in [6, 6.07) is 7.85. The lowest BCUT2D eigenvalue weighted by Gasteiger charge is -2.00. The molecule has 0 fully saturated rings. The Kier molecular flexibility index (Phi) is 4.78. The summed E-state index contributed by atoms with van der Waals surface area (Å²) >= 11 is 1.55. The van der Waals surface area contributed by atoms with Crippen molar-refractivity contribution < 1.29 is 9.72 Å². The van der Waals surface area contributed by atoms with Gasteiger partial charge >= 0.3 is 0 Å². The number of carbonyl (C=O) groups is 1. The van der Waals surface area contributed by atoms with Crippen molar-refractivity contribution in [3.05, 3.63) is 61.8 Å². The zero-order valence-electron chi connectivity index (χ0n) is 11.3. The molecule has 1 amide bonds. The molecular weight excluding hydrogens is 290 g/mol. The molecule has 7 heteroatoms. The Morgan fingerprint density at radius 1 is 1.38 bits per heavy atom. The quantitative estimate of drug-likeness (QED) is 0.523. The second-order valence-corrected chi connectivity index (χ2v) is 5.31. The maximum atomic E-state index is 11.7. The third-order valence-corrected chi connectivity index (χ3v) is 3.74. The highest BCUT2D eigenvalue weighted by Gasteiger charge is 2.06. The SMILES string of the molecule is Cc1ccsc1/C=N/NC(=O)Cc1ccc([N+](=O)[O-])cc1. The summed E-state index contributed by atoms with van der Waals surface area (Å²) in [5.41, 5.74) is 4.24. The van der Waals surface area contributed by atoms with Crippen LogP contribution in [0.3, 0.4) is 0 Å². The molecule has 0 aliphatic carbocycles. The van der Waals surface area contributed by atoms with Crippen LogP contribution in [0.25, 0.3) is 0 Å². The van der Waals surface area contributed by atoms with Crippen LogP contribution in [0.5, 0.6) is 0 Å². The van der Waals surface area contributed by atoms with Gasteiger partial charge in [0, 0.05) is 17.0 Å². The smallest absolute Gasteiger partial charge is 0.269 e. The molecule has 0 radical (unpaired) electrons. The number of aryl methyl sites for hydroxylation is 1. The minimum Gasteiger partial charge on any atom is -0.273 e. The zero-order chi connectivity index (χ0) is 15.2. The third kappa shape index (κ3) is 4.22. The van der Waals surface area contributed by atoms with Crippen LogP contribution in [-0.2, 0) is 11.2 Å². The molecule has 108 valence electrons. The summed E-state index contributed by atoms with van der Waals surface area (Å²) < 4.78 is 0. The van der Waals surface area contributed by atoms with E-state index in [1.165, 1.54) is 12.1 Å². The number of non-ortho nitro benzene ring substituents is 1. The number of thiophene rings is 1. The van der Waals surface area contributed by atoms with Gasteiger partial charge in [-0.25, -0.2) is 5.43 Å². The number of nitrogens with zero attached hydrogens (tertiary/aromatic N) is 2. The number of carbonyl (C=O) groups excluding carboxylic acids is 1. The van der Waals surface area contributed by atoms with Crippen LogP contribution in [0.15, 0.2) is 40.8 Å². The molecule has 1 aromatic carbocycles. The molecule has 1 heterocycles. The summed E-state index contributed by atoms with van der Waals surface area (Å²) in [7, 11) is 0. The second kappa shape index (κ2) is 6.76. The van der Waals surface area contributed by atoms with Gasteiger partial charge < -0.3 is 0 Å². The number of benzene rings is 1. The van der Waals surface area contributed by atoms with Gasteiger partial charge in [0.2, 0.25) is 5.91 Å². The van der Waals surface area contributed by atoms with Crippen LogP contribution in [0, 0.1) is 17.0 Å². The number of nitro benzene ring substituents is 1. The fourth-order valence-electron chi connectivity index (χ4n) is 1.64. The molecule has 0 aliphatic rings. The van der Waals surface area contributed by atoms with Gasteiger partial charge in [-0.3, -0.25) is 14.9 Å². The minimum absolute atomic E-state index is 0.00495. The molecule has 1 aromatic heterocycles. The fourth-order valence-corrected chi connectivity index (χ4v) is 2.43. The predicted octanol–water partition coefficient (Wildman–Crippen LogP) is 2.66. The number of hydrogen-bond donors (Lipinski definition) is 1. The fraction of sp³-hybridized carbons (Fsp3) is 0.143. The van der Waals surface area contributed by atoms with E-state index in [-0.39, 0.29) is 18.0 Å². The van der Waals surface area contributed by atoms with Crippen LogP contribution in [0.1, 0.15) is 16.0 Å². The Morgan fingerprint density at radius 3 is 2.67 bits per heavy atom. The first-order valence-electron chi connectivity index (χ1n) is 6.15. The normalized spacial score (nSPS) is 10.7. The molecule has 0 aliphatic heterocycles.